The number of aliphatic hydroxyl groups is 1. The maximum Gasteiger partial charge on any atom is 0.404 e. The van der Waals surface area contributed by atoms with E-state index in [2.05, 4.69) is 5.32 Å². The molecule has 41 heavy (non-hydrogen) atoms. The van der Waals surface area contributed by atoms with E-state index < -0.39 is 27.8 Å². The number of hydrogen-bond donors (Lipinski definition) is 3. The molecular formula is C28H33F3N4O4S2. The van der Waals surface area contributed by atoms with E-state index >= 15 is 0 Å². The molecule has 1 saturated heterocycles. The quantitative estimate of drug-likeness (QED) is 0.315. The highest BCUT2D eigenvalue weighted by molar-refractivity contribution is 7.89. The van der Waals surface area contributed by atoms with Crippen LogP contribution >= 0.6 is 11.3 Å². The van der Waals surface area contributed by atoms with Gasteiger partial charge < -0.3 is 10.4 Å². The Morgan fingerprint density at radius 3 is 2.49 bits per heavy atom. The Hall–Kier alpha value is -2.58. The SMILES string of the molecule is CC(NS(=O)(=O)c1ccc(-c2sc(C(=O)NCCN3CC(C)(O)C3)nc2CC2CCC2)c2ccccc12)C(F)(F)F. The van der Waals surface area contributed by atoms with Crippen molar-refractivity contribution < 1.29 is 31.5 Å². The van der Waals surface area contributed by atoms with Gasteiger partial charge in [0.15, 0.2) is 5.01 Å². The van der Waals surface area contributed by atoms with Crippen LogP contribution in [0.5, 0.6) is 0 Å². The average molecular weight is 611 g/mol. The first-order valence-electron chi connectivity index (χ1n) is 13.6. The fraction of sp³-hybridized carbons (Fsp3) is 0.500. The predicted molar refractivity (Wildman–Crippen MR) is 151 cm³/mol. The third-order valence-corrected chi connectivity index (χ3v) is 10.4. The van der Waals surface area contributed by atoms with E-state index in [-0.39, 0.29) is 16.2 Å². The Morgan fingerprint density at radius 2 is 1.88 bits per heavy atom. The third kappa shape index (κ3) is 6.59. The van der Waals surface area contributed by atoms with Gasteiger partial charge in [-0.15, -0.1) is 11.3 Å². The Balaban J connectivity index is 1.45. The predicted octanol–water partition coefficient (Wildman–Crippen LogP) is 4.33. The smallest absolute Gasteiger partial charge is 0.388 e. The van der Waals surface area contributed by atoms with Crippen LogP contribution in [0.25, 0.3) is 21.2 Å². The summed E-state index contributed by atoms with van der Waals surface area (Å²) in [6.07, 6.45) is -0.771. The molecule has 222 valence electrons. The second kappa shape index (κ2) is 11.3. The average Bonchev–Trinajstić information content (AvgIpc) is 3.27. The highest BCUT2D eigenvalue weighted by Gasteiger charge is 2.39. The summed E-state index contributed by atoms with van der Waals surface area (Å²) in [5, 5.41) is 13.9. The molecule has 3 aromatic rings. The highest BCUT2D eigenvalue weighted by atomic mass is 32.2. The lowest BCUT2D eigenvalue weighted by molar-refractivity contribution is -0.147. The molecule has 2 aromatic carbocycles. The van der Waals surface area contributed by atoms with Crippen LogP contribution in [-0.4, -0.2) is 73.3 Å². The van der Waals surface area contributed by atoms with Gasteiger partial charge in [-0.05, 0) is 37.6 Å². The maximum atomic E-state index is 13.1. The zero-order chi connectivity index (χ0) is 29.6. The number of rotatable bonds is 10. The molecule has 2 fully saturated rings. The number of fused-ring (bicyclic) bond motifs is 1. The molecule has 0 spiro atoms. The third-order valence-electron chi connectivity index (χ3n) is 7.68. The number of sulfonamides is 1. The molecule has 2 aliphatic rings. The van der Waals surface area contributed by atoms with Crippen molar-refractivity contribution in [1.29, 1.82) is 0 Å². The maximum absolute atomic E-state index is 13.1. The lowest BCUT2D eigenvalue weighted by Gasteiger charge is -2.44. The van der Waals surface area contributed by atoms with Crippen LogP contribution in [0.3, 0.4) is 0 Å². The summed E-state index contributed by atoms with van der Waals surface area (Å²) in [7, 11) is -4.49. The largest absolute Gasteiger partial charge is 0.404 e. The van der Waals surface area contributed by atoms with Crippen molar-refractivity contribution in [3.05, 3.63) is 47.1 Å². The molecule has 1 amide bonds. The molecule has 2 heterocycles. The number of carbonyl (C=O) groups excluding carboxylic acids is 1. The monoisotopic (exact) mass is 610 g/mol. The number of nitrogens with zero attached hydrogens (tertiary/aromatic N) is 2. The van der Waals surface area contributed by atoms with Crippen LogP contribution in [0, 0.1) is 5.92 Å². The fourth-order valence-corrected chi connectivity index (χ4v) is 7.80. The molecule has 1 aliphatic carbocycles. The van der Waals surface area contributed by atoms with Gasteiger partial charge in [0.05, 0.1) is 21.1 Å². The molecular weight excluding hydrogens is 577 g/mol. The minimum Gasteiger partial charge on any atom is -0.388 e. The Bertz CT molecular complexity index is 1540. The minimum absolute atomic E-state index is 0.249. The molecule has 0 bridgehead atoms. The number of thiazole rings is 1. The van der Waals surface area contributed by atoms with Gasteiger partial charge in [-0.25, -0.2) is 13.4 Å². The number of alkyl halides is 3. The van der Waals surface area contributed by atoms with Crippen LogP contribution < -0.4 is 10.0 Å². The molecule has 1 aliphatic heterocycles. The van der Waals surface area contributed by atoms with Crippen molar-refractivity contribution in [1.82, 2.24) is 19.9 Å². The van der Waals surface area contributed by atoms with Gasteiger partial charge >= 0.3 is 6.18 Å². The standard InChI is InChI=1S/C28H33F3N4O4S2/c1-17(28(29,30)31)34-41(38,39)23-11-10-21(19-8-3-4-9-20(19)23)24-22(14-18-6-5-7-18)33-26(40-24)25(36)32-12-13-35-15-27(2,37)16-35/h3-4,8-11,17-18,34,37H,5-7,12-16H2,1-2H3,(H,32,36). The summed E-state index contributed by atoms with van der Waals surface area (Å²) >= 11 is 1.23. The number of halogens is 3. The summed E-state index contributed by atoms with van der Waals surface area (Å²) in [4.78, 5) is 20.3. The molecule has 1 atom stereocenters. The van der Waals surface area contributed by atoms with Gasteiger partial charge in [0.2, 0.25) is 10.0 Å². The molecule has 1 unspecified atom stereocenters. The lowest BCUT2D eigenvalue weighted by atomic mass is 9.81. The number of nitrogens with one attached hydrogen (secondary N) is 2. The van der Waals surface area contributed by atoms with Gasteiger partial charge in [-0.1, -0.05) is 49.6 Å². The molecule has 1 saturated carbocycles. The van der Waals surface area contributed by atoms with E-state index in [0.717, 1.165) is 36.8 Å². The van der Waals surface area contributed by atoms with Crippen LogP contribution in [0.4, 0.5) is 13.2 Å². The minimum atomic E-state index is -4.73. The van der Waals surface area contributed by atoms with Gasteiger partial charge in [-0.2, -0.15) is 17.9 Å². The van der Waals surface area contributed by atoms with Gasteiger partial charge in [0.1, 0.15) is 6.04 Å². The van der Waals surface area contributed by atoms with Crippen LogP contribution in [0.1, 0.15) is 48.6 Å². The topological polar surface area (TPSA) is 112 Å². The van der Waals surface area contributed by atoms with Crippen molar-refractivity contribution in [3.8, 4) is 10.4 Å². The summed E-state index contributed by atoms with van der Waals surface area (Å²) in [5.74, 6) is 0.141. The highest BCUT2D eigenvalue weighted by Crippen LogP contribution is 2.40. The van der Waals surface area contributed by atoms with Crippen LogP contribution in [0.2, 0.25) is 0 Å². The first kappa shape index (κ1) is 29.9. The van der Waals surface area contributed by atoms with Crippen molar-refractivity contribution in [2.24, 2.45) is 5.92 Å². The summed E-state index contributed by atoms with van der Waals surface area (Å²) in [6.45, 7) is 4.65. The number of carbonyl (C=O) groups is 1. The molecule has 0 radical (unpaired) electrons. The molecule has 13 heteroatoms. The van der Waals surface area contributed by atoms with E-state index in [4.69, 9.17) is 4.98 Å². The number of amides is 1. The number of benzene rings is 2. The molecule has 3 N–H and O–H groups in total. The summed E-state index contributed by atoms with van der Waals surface area (Å²) < 4.78 is 67.2. The molecule has 8 nitrogen and oxygen atoms in total. The van der Waals surface area contributed by atoms with Crippen molar-refractivity contribution >= 4 is 38.0 Å². The Kier molecular flexibility index (Phi) is 8.20. The van der Waals surface area contributed by atoms with Crippen molar-refractivity contribution in [3.63, 3.8) is 0 Å². The summed E-state index contributed by atoms with van der Waals surface area (Å²) in [5.41, 5.74) is 0.750. The van der Waals surface area contributed by atoms with Gasteiger partial charge in [-0.3, -0.25) is 9.69 Å². The second-order valence-electron chi connectivity index (χ2n) is 11.3. The Labute approximate surface area is 241 Å². The van der Waals surface area contributed by atoms with E-state index in [9.17, 15) is 31.5 Å². The van der Waals surface area contributed by atoms with E-state index in [1.165, 1.54) is 17.4 Å². The lowest BCUT2D eigenvalue weighted by Crippen LogP contribution is -2.60. The van der Waals surface area contributed by atoms with Gasteiger partial charge in [0.25, 0.3) is 5.91 Å². The first-order valence-corrected chi connectivity index (χ1v) is 15.9. The molecule has 1 aromatic heterocycles. The number of β-amino-alcohol motifs (C(OH)–C–C–N with tert-alkyl or cyclic N) is 1. The van der Waals surface area contributed by atoms with E-state index in [1.54, 1.807) is 42.0 Å². The first-order chi connectivity index (χ1) is 19.2. The number of hydrogen-bond acceptors (Lipinski definition) is 7. The number of likely N-dealkylation sites (tertiary alicyclic amines) is 1. The zero-order valence-electron chi connectivity index (χ0n) is 22.8. The van der Waals surface area contributed by atoms with E-state index in [1.807, 2.05) is 4.90 Å². The van der Waals surface area contributed by atoms with Crippen molar-refractivity contribution in [2.75, 3.05) is 26.2 Å². The fourth-order valence-electron chi connectivity index (χ4n) is 5.31. The zero-order valence-corrected chi connectivity index (χ0v) is 24.4. The van der Waals surface area contributed by atoms with Gasteiger partial charge in [0, 0.05) is 37.1 Å². The normalized spacial score (nSPS) is 18.6. The Morgan fingerprint density at radius 1 is 1.20 bits per heavy atom. The van der Waals surface area contributed by atoms with Crippen LogP contribution in [0.15, 0.2) is 41.3 Å². The number of aromatic nitrogens is 1. The summed E-state index contributed by atoms with van der Waals surface area (Å²) in [6, 6.07) is 7.32. The molecule has 5 rings (SSSR count). The van der Waals surface area contributed by atoms with Crippen molar-refractivity contribution in [2.45, 2.75) is 62.2 Å². The van der Waals surface area contributed by atoms with E-state index in [0.29, 0.717) is 54.5 Å². The van der Waals surface area contributed by atoms with Crippen LogP contribution in [-0.2, 0) is 16.4 Å². The second-order valence-corrected chi connectivity index (χ2v) is 14.0.